The summed E-state index contributed by atoms with van der Waals surface area (Å²) in [6.45, 7) is 4.48. The Kier molecular flexibility index (Phi) is 3.98. The fraction of sp³-hybridized carbons (Fsp3) is 0.333. The van der Waals surface area contributed by atoms with E-state index < -0.39 is 5.97 Å². The van der Waals surface area contributed by atoms with Gasteiger partial charge >= 0.3 is 5.97 Å². The largest absolute Gasteiger partial charge is 0.478 e. The molecule has 0 spiro atoms. The summed E-state index contributed by atoms with van der Waals surface area (Å²) in [6.07, 6.45) is 1.03. The molecule has 0 aliphatic heterocycles. The first-order valence-corrected chi connectivity index (χ1v) is 7.21. The van der Waals surface area contributed by atoms with E-state index in [4.69, 9.17) is 5.11 Å². The number of hydrogen-bond donors (Lipinski definition) is 2. The summed E-state index contributed by atoms with van der Waals surface area (Å²) < 4.78 is 4.07. The minimum absolute atomic E-state index is 0.285. The summed E-state index contributed by atoms with van der Waals surface area (Å²) in [5.74, 6) is -0.927. The maximum Gasteiger partial charge on any atom is 0.340 e. The second-order valence-electron chi connectivity index (χ2n) is 3.85. The van der Waals surface area contributed by atoms with Crippen LogP contribution in [-0.2, 0) is 13.0 Å². The van der Waals surface area contributed by atoms with Crippen LogP contribution in [0.2, 0.25) is 0 Å². The number of rotatable bonds is 5. The van der Waals surface area contributed by atoms with Crippen LogP contribution in [0, 0.1) is 6.92 Å². The molecule has 0 aliphatic carbocycles. The van der Waals surface area contributed by atoms with Gasteiger partial charge in [-0.05, 0) is 37.0 Å². The Hall–Kier alpha value is -1.40. The Labute approximate surface area is 113 Å². The van der Waals surface area contributed by atoms with E-state index in [1.165, 1.54) is 21.3 Å². The van der Waals surface area contributed by atoms with E-state index in [9.17, 15) is 4.79 Å². The lowest BCUT2D eigenvalue weighted by atomic mass is 10.2. The first-order chi connectivity index (χ1) is 8.61. The Morgan fingerprint density at radius 3 is 2.78 bits per heavy atom. The molecule has 0 atom stereocenters. The summed E-state index contributed by atoms with van der Waals surface area (Å²) in [6, 6.07) is 4.18. The quantitative estimate of drug-likeness (QED) is 0.882. The van der Waals surface area contributed by atoms with E-state index in [1.807, 2.05) is 0 Å². The van der Waals surface area contributed by atoms with Gasteiger partial charge in [0, 0.05) is 9.75 Å². The molecular weight excluding hydrogens is 268 g/mol. The predicted molar refractivity (Wildman–Crippen MR) is 74.8 cm³/mol. The molecule has 18 heavy (non-hydrogen) atoms. The molecule has 0 fully saturated rings. The smallest absolute Gasteiger partial charge is 0.340 e. The summed E-state index contributed by atoms with van der Waals surface area (Å²) in [7, 11) is 0. The maximum atomic E-state index is 11.1. The standard InChI is InChI=1S/C12H14N2O2S2/c1-3-8-4-5-9(17-8)6-13-11-10(12(15)16)7(2)14-18-11/h4-5,13H,3,6H2,1-2H3,(H,15,16). The van der Waals surface area contributed by atoms with Crippen LogP contribution in [0.5, 0.6) is 0 Å². The molecule has 0 unspecified atom stereocenters. The zero-order valence-electron chi connectivity index (χ0n) is 10.2. The number of anilines is 1. The molecule has 2 heterocycles. The number of carboxylic acids is 1. The number of thiophene rings is 1. The molecule has 0 aliphatic rings. The lowest BCUT2D eigenvalue weighted by Gasteiger charge is -2.02. The van der Waals surface area contributed by atoms with Crippen molar-refractivity contribution >= 4 is 33.8 Å². The highest BCUT2D eigenvalue weighted by atomic mass is 32.1. The van der Waals surface area contributed by atoms with Crippen LogP contribution in [0.25, 0.3) is 0 Å². The Morgan fingerprint density at radius 1 is 1.44 bits per heavy atom. The van der Waals surface area contributed by atoms with Crippen molar-refractivity contribution < 1.29 is 9.90 Å². The van der Waals surface area contributed by atoms with Crippen LogP contribution in [0.4, 0.5) is 5.00 Å². The van der Waals surface area contributed by atoms with E-state index in [0.717, 1.165) is 6.42 Å². The lowest BCUT2D eigenvalue weighted by molar-refractivity contribution is 0.0697. The molecule has 2 rings (SSSR count). The van der Waals surface area contributed by atoms with Gasteiger partial charge in [-0.3, -0.25) is 0 Å². The van der Waals surface area contributed by atoms with Gasteiger partial charge in [-0.1, -0.05) is 6.92 Å². The number of nitrogens with one attached hydrogen (secondary N) is 1. The van der Waals surface area contributed by atoms with Crippen molar-refractivity contribution in [1.82, 2.24) is 4.37 Å². The molecule has 0 saturated heterocycles. The highest BCUT2D eigenvalue weighted by molar-refractivity contribution is 7.12. The van der Waals surface area contributed by atoms with Gasteiger partial charge in [0.25, 0.3) is 0 Å². The molecule has 96 valence electrons. The zero-order chi connectivity index (χ0) is 13.1. The average Bonchev–Trinajstić information content (AvgIpc) is 2.92. The highest BCUT2D eigenvalue weighted by Gasteiger charge is 2.17. The van der Waals surface area contributed by atoms with Crippen molar-refractivity contribution in [1.29, 1.82) is 0 Å². The lowest BCUT2D eigenvalue weighted by Crippen LogP contribution is -2.04. The van der Waals surface area contributed by atoms with Crippen LogP contribution in [-0.4, -0.2) is 15.4 Å². The Morgan fingerprint density at radius 2 is 2.17 bits per heavy atom. The molecule has 2 aromatic heterocycles. The van der Waals surface area contributed by atoms with Gasteiger partial charge in [-0.25, -0.2) is 4.79 Å². The van der Waals surface area contributed by atoms with Crippen molar-refractivity contribution in [3.8, 4) is 0 Å². The molecular formula is C12H14N2O2S2. The Balaban J connectivity index is 2.08. The fourth-order valence-corrected chi connectivity index (χ4v) is 3.30. The monoisotopic (exact) mass is 282 g/mol. The summed E-state index contributed by atoms with van der Waals surface area (Å²) in [5.41, 5.74) is 0.850. The van der Waals surface area contributed by atoms with Gasteiger partial charge in [0.2, 0.25) is 0 Å². The van der Waals surface area contributed by atoms with Crippen molar-refractivity contribution in [2.45, 2.75) is 26.8 Å². The number of nitrogens with zero attached hydrogens (tertiary/aromatic N) is 1. The van der Waals surface area contributed by atoms with Gasteiger partial charge < -0.3 is 10.4 Å². The Bertz CT molecular complexity index is 560. The van der Waals surface area contributed by atoms with Gasteiger partial charge in [-0.2, -0.15) is 4.37 Å². The number of hydrogen-bond acceptors (Lipinski definition) is 5. The number of carbonyl (C=O) groups is 1. The van der Waals surface area contributed by atoms with E-state index in [0.29, 0.717) is 17.2 Å². The number of carboxylic acid groups (broad SMARTS) is 1. The maximum absolute atomic E-state index is 11.1. The first-order valence-electron chi connectivity index (χ1n) is 5.62. The van der Waals surface area contributed by atoms with Gasteiger partial charge in [0.05, 0.1) is 12.2 Å². The van der Waals surface area contributed by atoms with Crippen LogP contribution in [0.15, 0.2) is 12.1 Å². The molecule has 0 amide bonds. The summed E-state index contributed by atoms with van der Waals surface area (Å²) in [4.78, 5) is 13.6. The third kappa shape index (κ3) is 2.70. The van der Waals surface area contributed by atoms with Gasteiger partial charge in [0.1, 0.15) is 10.6 Å². The van der Waals surface area contributed by atoms with Crippen LogP contribution in [0.1, 0.15) is 32.7 Å². The van der Waals surface area contributed by atoms with Crippen molar-refractivity contribution in [3.63, 3.8) is 0 Å². The highest BCUT2D eigenvalue weighted by Crippen LogP contribution is 2.26. The summed E-state index contributed by atoms with van der Waals surface area (Å²) >= 11 is 2.95. The van der Waals surface area contributed by atoms with Gasteiger partial charge in [-0.15, -0.1) is 11.3 Å². The van der Waals surface area contributed by atoms with Crippen LogP contribution < -0.4 is 5.32 Å². The second-order valence-corrected chi connectivity index (χ2v) is 5.88. The zero-order valence-corrected chi connectivity index (χ0v) is 11.8. The molecule has 2 aromatic rings. The molecule has 0 radical (unpaired) electrons. The predicted octanol–water partition coefficient (Wildman–Crippen LogP) is 3.39. The second kappa shape index (κ2) is 5.49. The third-order valence-electron chi connectivity index (χ3n) is 2.57. The van der Waals surface area contributed by atoms with E-state index in [1.54, 1.807) is 18.3 Å². The number of aromatic carboxylic acids is 1. The minimum atomic E-state index is -0.927. The number of aryl methyl sites for hydroxylation is 2. The minimum Gasteiger partial charge on any atom is -0.478 e. The average molecular weight is 282 g/mol. The molecule has 0 bridgehead atoms. The topological polar surface area (TPSA) is 62.2 Å². The van der Waals surface area contributed by atoms with Crippen molar-refractivity contribution in [2.75, 3.05) is 5.32 Å². The van der Waals surface area contributed by atoms with Crippen molar-refractivity contribution in [2.24, 2.45) is 0 Å². The van der Waals surface area contributed by atoms with Crippen LogP contribution in [0.3, 0.4) is 0 Å². The molecule has 4 nitrogen and oxygen atoms in total. The molecule has 6 heteroatoms. The SMILES string of the molecule is CCc1ccc(CNc2snc(C)c2C(=O)O)s1. The van der Waals surface area contributed by atoms with E-state index in [2.05, 4.69) is 28.7 Å². The number of aromatic nitrogens is 1. The van der Waals surface area contributed by atoms with E-state index >= 15 is 0 Å². The van der Waals surface area contributed by atoms with Crippen molar-refractivity contribution in [3.05, 3.63) is 33.1 Å². The molecule has 0 aromatic carbocycles. The van der Waals surface area contributed by atoms with Gasteiger partial charge in [0.15, 0.2) is 0 Å². The normalized spacial score (nSPS) is 10.6. The van der Waals surface area contributed by atoms with E-state index in [-0.39, 0.29) is 5.56 Å². The molecule has 2 N–H and O–H groups in total. The molecule has 0 saturated carbocycles. The summed E-state index contributed by atoms with van der Waals surface area (Å²) in [5, 5.41) is 12.9. The van der Waals surface area contributed by atoms with Crippen LogP contribution >= 0.6 is 22.9 Å². The third-order valence-corrected chi connectivity index (χ3v) is 4.69. The first kappa shape index (κ1) is 13.0. The fourth-order valence-electron chi connectivity index (χ4n) is 1.62.